The lowest BCUT2D eigenvalue weighted by molar-refractivity contribution is -0.128. The van der Waals surface area contributed by atoms with Gasteiger partial charge in [0.25, 0.3) is 0 Å². The molecule has 0 amide bonds. The number of benzene rings is 2. The molecule has 4 aliphatic rings. The molecule has 6 rings (SSSR count). The summed E-state index contributed by atoms with van der Waals surface area (Å²) in [6, 6.07) is 17.5. The Morgan fingerprint density at radius 3 is 0.964 bits per heavy atom. The van der Waals surface area contributed by atoms with Crippen molar-refractivity contribution >= 4 is 12.1 Å². The normalized spacial score (nSPS) is 16.7. The second-order valence-electron chi connectivity index (χ2n) is 12.8. The van der Waals surface area contributed by atoms with E-state index in [1.165, 1.54) is 84.0 Å². The third-order valence-corrected chi connectivity index (χ3v) is 9.75. The van der Waals surface area contributed by atoms with Gasteiger partial charge in [0.2, 0.25) is 0 Å². The van der Waals surface area contributed by atoms with Crippen molar-refractivity contribution in [1.29, 1.82) is 0 Å². The molecule has 2 heteroatoms. The Morgan fingerprint density at radius 1 is 0.545 bits per heavy atom. The van der Waals surface area contributed by atoms with Crippen LogP contribution in [0.2, 0.25) is 0 Å². The summed E-state index contributed by atoms with van der Waals surface area (Å²) in [6.45, 7) is 32.8. The van der Waals surface area contributed by atoms with Crippen molar-refractivity contribution in [2.24, 2.45) is 16.7 Å². The number of hydrogen-bond acceptors (Lipinski definition) is 2. The standard InChI is InChI=1S/C10H16O.C10H12.C9H10.2C4H10.C2H4O.4C2H6.6CH4/c1-9(2)7-4-5-10(9,3)8(11)6-7;1-2-6-10-8-4-3-7-9(10)5-1;1-2-5-9-7-3-6-8(9)4-1;2*1-3-4-2;1-2-3;4*1-2;;;;;;/h7H,4-6H2,1-3H3;1-2,5-6H,3-4,7-8H2;1-2,4-5H,3,6-7H2;2*3-4H2,1-2H3;2H,1H3;4*1-2H3;6*1H4. The van der Waals surface area contributed by atoms with E-state index in [9.17, 15) is 4.79 Å². The molecule has 0 spiro atoms. The van der Waals surface area contributed by atoms with Gasteiger partial charge < -0.3 is 4.79 Å². The van der Waals surface area contributed by atoms with Gasteiger partial charge in [-0.1, -0.05) is 223 Å². The highest BCUT2D eigenvalue weighted by molar-refractivity contribution is 5.89. The first-order valence-corrected chi connectivity index (χ1v) is 20.7. The van der Waals surface area contributed by atoms with Gasteiger partial charge in [0.05, 0.1) is 0 Å². The van der Waals surface area contributed by atoms with Gasteiger partial charge in [-0.25, -0.2) is 0 Å². The van der Waals surface area contributed by atoms with Gasteiger partial charge in [-0.05, 0) is 98.3 Å². The molecule has 0 saturated heterocycles. The van der Waals surface area contributed by atoms with Crippen LogP contribution in [0.1, 0.15) is 242 Å². The number of hydrogen-bond donors (Lipinski definition) is 0. The Balaban J connectivity index is -0.0000000543. The van der Waals surface area contributed by atoms with E-state index in [4.69, 9.17) is 4.79 Å². The minimum atomic E-state index is 0. The zero-order valence-corrected chi connectivity index (χ0v) is 36.0. The predicted molar refractivity (Wildman–Crippen MR) is 264 cm³/mol. The molecule has 2 aromatic carbocycles. The highest BCUT2D eigenvalue weighted by Crippen LogP contribution is 2.63. The van der Waals surface area contributed by atoms with E-state index >= 15 is 0 Å². The van der Waals surface area contributed by atoms with Crippen molar-refractivity contribution in [1.82, 2.24) is 0 Å². The highest BCUT2D eigenvalue weighted by atomic mass is 16.1. The fourth-order valence-corrected chi connectivity index (χ4v) is 6.09. The summed E-state index contributed by atoms with van der Waals surface area (Å²) in [4.78, 5) is 20.4. The number of ketones is 1. The van der Waals surface area contributed by atoms with Crippen LogP contribution in [0.25, 0.3) is 0 Å². The van der Waals surface area contributed by atoms with E-state index in [1.54, 1.807) is 22.3 Å². The lowest BCUT2D eigenvalue weighted by Gasteiger charge is -2.32. The Kier molecular flexibility index (Phi) is 72.8. The molecule has 0 N–H and O–H groups in total. The predicted octanol–water partition coefficient (Wildman–Crippen LogP) is 18.9. The molecule has 2 saturated carbocycles. The van der Waals surface area contributed by atoms with Crippen LogP contribution in [0, 0.1) is 16.7 Å². The van der Waals surface area contributed by atoms with Crippen LogP contribution in [-0.2, 0) is 35.3 Å². The first kappa shape index (κ1) is 77.3. The molecule has 2 bridgehead atoms. The van der Waals surface area contributed by atoms with Gasteiger partial charge in [-0.3, -0.25) is 4.79 Å². The lowest BCUT2D eigenvalue weighted by Crippen LogP contribution is -2.32. The summed E-state index contributed by atoms with van der Waals surface area (Å²) < 4.78 is 0. The van der Waals surface area contributed by atoms with E-state index in [2.05, 4.69) is 97.0 Å². The molecule has 2 aromatic rings. The second kappa shape index (κ2) is 51.8. The average Bonchev–Trinajstić information content (AvgIpc) is 3.79. The van der Waals surface area contributed by atoms with E-state index in [0.29, 0.717) is 11.7 Å². The number of carbonyl (C=O) groups excluding carboxylic acids is 2. The quantitative estimate of drug-likeness (QED) is 0.285. The zero-order chi connectivity index (χ0) is 38.7. The van der Waals surface area contributed by atoms with Gasteiger partial charge in [0.15, 0.2) is 0 Å². The highest BCUT2D eigenvalue weighted by Gasteiger charge is 2.61. The van der Waals surface area contributed by atoms with Gasteiger partial charge in [-0.2, -0.15) is 0 Å². The summed E-state index contributed by atoms with van der Waals surface area (Å²) in [7, 11) is 0. The maximum absolute atomic E-state index is 11.6. The molecule has 0 aliphatic heterocycles. The van der Waals surface area contributed by atoms with Crippen LogP contribution < -0.4 is 0 Å². The van der Waals surface area contributed by atoms with Crippen LogP contribution in [-0.4, -0.2) is 12.1 Å². The van der Waals surface area contributed by atoms with Crippen molar-refractivity contribution in [3.05, 3.63) is 70.8 Å². The Hall–Kier alpha value is -2.22. The van der Waals surface area contributed by atoms with Crippen molar-refractivity contribution in [3.8, 4) is 0 Å². The first-order valence-electron chi connectivity index (χ1n) is 20.7. The lowest BCUT2D eigenvalue weighted by atomic mass is 9.70. The largest absolute Gasteiger partial charge is 0.304 e. The van der Waals surface area contributed by atoms with Crippen molar-refractivity contribution in [2.45, 2.75) is 245 Å². The molecule has 2 unspecified atom stereocenters. The topological polar surface area (TPSA) is 34.1 Å². The Labute approximate surface area is 353 Å². The van der Waals surface area contributed by atoms with Crippen LogP contribution in [0.3, 0.4) is 0 Å². The number of aryl methyl sites for hydroxylation is 4. The van der Waals surface area contributed by atoms with Crippen molar-refractivity contribution in [2.75, 3.05) is 0 Å². The Morgan fingerprint density at radius 2 is 0.800 bits per heavy atom. The number of unbranched alkanes of at least 4 members (excludes halogenated alkanes) is 2. The fraction of sp³-hybridized carbons (Fsp3) is 0.736. The molecule has 2 nitrogen and oxygen atoms in total. The maximum Gasteiger partial charge on any atom is 0.139 e. The van der Waals surface area contributed by atoms with E-state index < -0.39 is 0 Å². The molecule has 0 radical (unpaired) electrons. The van der Waals surface area contributed by atoms with Crippen molar-refractivity contribution < 1.29 is 9.59 Å². The van der Waals surface area contributed by atoms with Crippen LogP contribution in [0.5, 0.6) is 0 Å². The summed E-state index contributed by atoms with van der Waals surface area (Å²) in [5.41, 5.74) is 6.60. The monoisotopic (exact) mass is 779 g/mol. The number of fused-ring (bicyclic) bond motifs is 4. The third kappa shape index (κ3) is 29.7. The number of carbonyl (C=O) groups is 2. The van der Waals surface area contributed by atoms with Crippen LogP contribution in [0.15, 0.2) is 48.5 Å². The molecule has 0 aromatic heterocycles. The summed E-state index contributed by atoms with van der Waals surface area (Å²) in [5.74, 6) is 1.19. The molecule has 55 heavy (non-hydrogen) atoms. The Bertz CT molecular complexity index is 949. The minimum absolute atomic E-state index is 0. The molecule has 2 fully saturated rings. The van der Waals surface area contributed by atoms with Gasteiger partial charge in [0.1, 0.15) is 12.1 Å². The van der Waals surface area contributed by atoms with Gasteiger partial charge in [0, 0.05) is 11.8 Å². The molecule has 2 atom stereocenters. The smallest absolute Gasteiger partial charge is 0.139 e. The molecular weight excluding hydrogens is 669 g/mol. The maximum atomic E-state index is 11.6. The fourth-order valence-electron chi connectivity index (χ4n) is 6.09. The van der Waals surface area contributed by atoms with Crippen LogP contribution in [0.4, 0.5) is 0 Å². The van der Waals surface area contributed by atoms with E-state index in [1.807, 2.05) is 55.4 Å². The number of rotatable bonds is 2. The molecule has 4 aliphatic carbocycles. The summed E-state index contributed by atoms with van der Waals surface area (Å²) in [6.07, 6.45) is 18.6. The summed E-state index contributed by atoms with van der Waals surface area (Å²) >= 11 is 0. The summed E-state index contributed by atoms with van der Waals surface area (Å²) in [5, 5.41) is 0. The number of aldehydes is 1. The third-order valence-electron chi connectivity index (χ3n) is 9.75. The van der Waals surface area contributed by atoms with Gasteiger partial charge >= 0.3 is 0 Å². The minimum Gasteiger partial charge on any atom is -0.304 e. The molecule has 334 valence electrons. The molecular formula is C53H110O2. The van der Waals surface area contributed by atoms with Crippen molar-refractivity contribution in [3.63, 3.8) is 0 Å². The van der Waals surface area contributed by atoms with E-state index in [0.717, 1.165) is 19.1 Å². The molecule has 0 heterocycles. The average molecular weight is 779 g/mol. The van der Waals surface area contributed by atoms with Gasteiger partial charge in [-0.15, -0.1) is 0 Å². The van der Waals surface area contributed by atoms with E-state index in [-0.39, 0.29) is 55.4 Å². The number of Topliss-reactive ketones (excluding diaryl/α,β-unsaturated/α-hetero) is 1. The van der Waals surface area contributed by atoms with Crippen LogP contribution >= 0.6 is 0 Å². The first-order chi connectivity index (χ1) is 23.7. The zero-order valence-electron chi connectivity index (χ0n) is 36.0. The second-order valence-corrected chi connectivity index (χ2v) is 12.8. The SMILES string of the molecule is C.C.C.C.C.C.CC.CC.CC.CC.CC12CCC(CC1=O)C2(C)C.CC=O.CCCC.CCCC.c1ccc2c(c1)CCC2.c1ccc2c(c1)CCCC2.